The van der Waals surface area contributed by atoms with Gasteiger partial charge in [0.15, 0.2) is 5.78 Å². The molecule has 0 spiro atoms. The zero-order valence-corrected chi connectivity index (χ0v) is 15.6. The van der Waals surface area contributed by atoms with E-state index in [1.807, 2.05) is 42.6 Å². The maximum absolute atomic E-state index is 11.9. The minimum absolute atomic E-state index is 0.0283. The number of Topliss-reactive ketones (excluding diaryl/α,β-unsaturated/α-hetero) is 1. The van der Waals surface area contributed by atoms with Crippen molar-refractivity contribution in [3.05, 3.63) is 89.4 Å². The highest BCUT2D eigenvalue weighted by Gasteiger charge is 2.12. The number of carbonyl (C=O) groups excluding carboxylic acids is 1. The highest BCUT2D eigenvalue weighted by atomic mass is 16.5. The Morgan fingerprint density at radius 1 is 1.11 bits per heavy atom. The van der Waals surface area contributed by atoms with E-state index >= 15 is 0 Å². The lowest BCUT2D eigenvalue weighted by atomic mass is 9.95. The summed E-state index contributed by atoms with van der Waals surface area (Å²) < 4.78 is 6.06. The van der Waals surface area contributed by atoms with Gasteiger partial charge >= 0.3 is 0 Å². The molecule has 2 aromatic carbocycles. The first-order valence-corrected chi connectivity index (χ1v) is 9.20. The molecule has 0 saturated carbocycles. The SMILES string of the molecule is CC(=O)c1ccc(OCc2ccccn2)c(-c2ccc3c(c2)C=CN=CC3)c1. The number of aliphatic imine (C=N–C) groups is 1. The van der Waals surface area contributed by atoms with Gasteiger partial charge < -0.3 is 4.74 Å². The summed E-state index contributed by atoms with van der Waals surface area (Å²) in [6.45, 7) is 1.94. The van der Waals surface area contributed by atoms with E-state index in [-0.39, 0.29) is 5.78 Å². The number of hydrogen-bond donors (Lipinski definition) is 0. The summed E-state index contributed by atoms with van der Waals surface area (Å²) in [4.78, 5) is 20.5. The van der Waals surface area contributed by atoms with Gasteiger partial charge in [-0.25, -0.2) is 0 Å². The van der Waals surface area contributed by atoms with Crippen molar-refractivity contribution in [1.82, 2.24) is 4.98 Å². The lowest BCUT2D eigenvalue weighted by molar-refractivity contribution is 0.101. The van der Waals surface area contributed by atoms with E-state index in [4.69, 9.17) is 4.74 Å². The standard InChI is InChI=1S/C24H20N2O2/c1-17(27)19-7-8-24(28-16-22-4-2-3-11-26-22)23(15-19)21-6-5-18-9-12-25-13-10-20(18)14-21/h2-8,10-15H,9,16H2,1H3. The van der Waals surface area contributed by atoms with E-state index < -0.39 is 0 Å². The molecule has 1 aromatic heterocycles. The molecule has 0 N–H and O–H groups in total. The van der Waals surface area contributed by atoms with Crippen molar-refractivity contribution in [2.75, 3.05) is 0 Å². The molecule has 3 aromatic rings. The fourth-order valence-electron chi connectivity index (χ4n) is 3.17. The molecular weight excluding hydrogens is 348 g/mol. The fraction of sp³-hybridized carbons (Fsp3) is 0.125. The Bertz CT molecular complexity index is 1070. The lowest BCUT2D eigenvalue weighted by Gasteiger charge is -2.14. The topological polar surface area (TPSA) is 51.5 Å². The van der Waals surface area contributed by atoms with Gasteiger partial charge in [-0.3, -0.25) is 14.8 Å². The first kappa shape index (κ1) is 17.9. The number of ketones is 1. The summed E-state index contributed by atoms with van der Waals surface area (Å²) in [5.74, 6) is 0.755. The number of benzene rings is 2. The van der Waals surface area contributed by atoms with Crippen LogP contribution in [-0.4, -0.2) is 17.0 Å². The molecule has 2 heterocycles. The van der Waals surface area contributed by atoms with Crippen LogP contribution in [0.1, 0.15) is 34.1 Å². The van der Waals surface area contributed by atoms with Crippen LogP contribution < -0.4 is 4.74 Å². The normalized spacial score (nSPS) is 12.3. The number of aromatic nitrogens is 1. The van der Waals surface area contributed by atoms with Gasteiger partial charge in [-0.1, -0.05) is 18.2 Å². The van der Waals surface area contributed by atoms with E-state index in [2.05, 4.69) is 28.2 Å². The van der Waals surface area contributed by atoms with Crippen molar-refractivity contribution >= 4 is 18.1 Å². The van der Waals surface area contributed by atoms with Gasteiger partial charge in [0.05, 0.1) is 5.69 Å². The van der Waals surface area contributed by atoms with Crippen LogP contribution in [0.5, 0.6) is 5.75 Å². The number of ether oxygens (including phenoxy) is 1. The molecular formula is C24H20N2O2. The number of carbonyl (C=O) groups is 1. The average Bonchev–Trinajstić information content (AvgIpc) is 2.97. The molecule has 1 aliphatic heterocycles. The molecule has 1 aliphatic rings. The van der Waals surface area contributed by atoms with Crippen LogP contribution in [0.2, 0.25) is 0 Å². The van der Waals surface area contributed by atoms with Crippen LogP contribution in [0.3, 0.4) is 0 Å². The Morgan fingerprint density at radius 3 is 2.86 bits per heavy atom. The average molecular weight is 368 g/mol. The molecule has 0 unspecified atom stereocenters. The quantitative estimate of drug-likeness (QED) is 0.587. The highest BCUT2D eigenvalue weighted by Crippen LogP contribution is 2.33. The van der Waals surface area contributed by atoms with Crippen molar-refractivity contribution in [2.24, 2.45) is 4.99 Å². The second-order valence-corrected chi connectivity index (χ2v) is 6.64. The zero-order valence-electron chi connectivity index (χ0n) is 15.6. The third-order valence-corrected chi connectivity index (χ3v) is 4.70. The van der Waals surface area contributed by atoms with E-state index in [1.165, 1.54) is 5.56 Å². The molecule has 4 heteroatoms. The summed E-state index contributed by atoms with van der Waals surface area (Å²) in [7, 11) is 0. The molecule has 0 atom stereocenters. The second kappa shape index (κ2) is 8.01. The highest BCUT2D eigenvalue weighted by molar-refractivity contribution is 5.96. The van der Waals surface area contributed by atoms with Crippen LogP contribution in [0, 0.1) is 0 Å². The molecule has 0 aliphatic carbocycles. The first-order valence-electron chi connectivity index (χ1n) is 9.20. The van der Waals surface area contributed by atoms with Gasteiger partial charge in [-0.05, 0) is 66.1 Å². The molecule has 0 fully saturated rings. The maximum atomic E-state index is 11.9. The van der Waals surface area contributed by atoms with Gasteiger partial charge in [-0.2, -0.15) is 0 Å². The van der Waals surface area contributed by atoms with Crippen LogP contribution in [0.15, 0.2) is 72.0 Å². The van der Waals surface area contributed by atoms with Crippen LogP contribution in [-0.2, 0) is 13.0 Å². The van der Waals surface area contributed by atoms with Crippen molar-refractivity contribution in [3.63, 3.8) is 0 Å². The molecule has 0 amide bonds. The summed E-state index contributed by atoms with van der Waals surface area (Å²) >= 11 is 0. The summed E-state index contributed by atoms with van der Waals surface area (Å²) in [5, 5.41) is 0. The Hall–Kier alpha value is -3.53. The summed E-state index contributed by atoms with van der Waals surface area (Å²) in [6, 6.07) is 17.6. The van der Waals surface area contributed by atoms with Crippen LogP contribution in [0.4, 0.5) is 0 Å². The molecule has 4 rings (SSSR count). The Labute approximate surface area is 164 Å². The molecule has 4 nitrogen and oxygen atoms in total. The van der Waals surface area contributed by atoms with Gasteiger partial charge in [0, 0.05) is 36.2 Å². The number of nitrogens with zero attached hydrogens (tertiary/aromatic N) is 2. The number of fused-ring (bicyclic) bond motifs is 1. The molecule has 138 valence electrons. The molecule has 0 saturated heterocycles. The molecule has 0 radical (unpaired) electrons. The monoisotopic (exact) mass is 368 g/mol. The van der Waals surface area contributed by atoms with Crippen molar-refractivity contribution < 1.29 is 9.53 Å². The maximum Gasteiger partial charge on any atom is 0.159 e. The van der Waals surface area contributed by atoms with Gasteiger partial charge in [0.1, 0.15) is 12.4 Å². The van der Waals surface area contributed by atoms with Gasteiger partial charge in [0.2, 0.25) is 0 Å². The van der Waals surface area contributed by atoms with E-state index in [0.717, 1.165) is 34.6 Å². The van der Waals surface area contributed by atoms with Gasteiger partial charge in [-0.15, -0.1) is 0 Å². The van der Waals surface area contributed by atoms with Gasteiger partial charge in [0.25, 0.3) is 0 Å². The largest absolute Gasteiger partial charge is 0.487 e. The minimum Gasteiger partial charge on any atom is -0.487 e. The Balaban J connectivity index is 1.72. The van der Waals surface area contributed by atoms with E-state index in [1.54, 1.807) is 25.4 Å². The van der Waals surface area contributed by atoms with Crippen molar-refractivity contribution in [2.45, 2.75) is 20.0 Å². The Morgan fingerprint density at radius 2 is 2.04 bits per heavy atom. The third-order valence-electron chi connectivity index (χ3n) is 4.70. The lowest BCUT2D eigenvalue weighted by Crippen LogP contribution is -2.01. The Kier molecular flexibility index (Phi) is 5.11. The number of hydrogen-bond acceptors (Lipinski definition) is 4. The van der Waals surface area contributed by atoms with Crippen LogP contribution in [0.25, 0.3) is 17.2 Å². The third kappa shape index (κ3) is 3.91. The summed E-state index contributed by atoms with van der Waals surface area (Å²) in [5.41, 5.74) is 5.76. The molecule has 28 heavy (non-hydrogen) atoms. The van der Waals surface area contributed by atoms with E-state index in [9.17, 15) is 4.79 Å². The minimum atomic E-state index is 0.0283. The zero-order chi connectivity index (χ0) is 19.3. The van der Waals surface area contributed by atoms with Crippen LogP contribution >= 0.6 is 0 Å². The predicted molar refractivity (Wildman–Crippen MR) is 112 cm³/mol. The fourth-order valence-corrected chi connectivity index (χ4v) is 3.17. The first-order chi connectivity index (χ1) is 13.7. The second-order valence-electron chi connectivity index (χ2n) is 6.64. The van der Waals surface area contributed by atoms with Crippen molar-refractivity contribution in [1.29, 1.82) is 0 Å². The molecule has 0 bridgehead atoms. The number of pyridine rings is 1. The van der Waals surface area contributed by atoms with E-state index in [0.29, 0.717) is 12.2 Å². The van der Waals surface area contributed by atoms with Crippen molar-refractivity contribution in [3.8, 4) is 16.9 Å². The predicted octanol–water partition coefficient (Wildman–Crippen LogP) is 5.13. The summed E-state index contributed by atoms with van der Waals surface area (Å²) in [6.07, 6.45) is 8.27. The number of rotatable bonds is 5. The smallest absolute Gasteiger partial charge is 0.159 e.